The number of rotatable bonds is 7. The molecule has 2 aromatic carbocycles. The number of non-ortho nitro benzene ring substituents is 1. The Morgan fingerprint density at radius 1 is 1.18 bits per heavy atom. The largest absolute Gasteiger partial charge is 0.487 e. The fourth-order valence-corrected chi connectivity index (χ4v) is 3.94. The second-order valence-electron chi connectivity index (χ2n) is 8.33. The number of hydrogen-bond donors (Lipinski definition) is 1. The van der Waals surface area contributed by atoms with Crippen LogP contribution in [0.1, 0.15) is 37.0 Å². The van der Waals surface area contributed by atoms with Crippen LogP contribution in [-0.2, 0) is 4.79 Å². The summed E-state index contributed by atoms with van der Waals surface area (Å²) in [6, 6.07) is 5.75. The molecule has 1 unspecified atom stereocenters. The number of nitro groups is 1. The lowest BCUT2D eigenvalue weighted by molar-refractivity contribution is -0.384. The molecule has 2 amide bonds. The zero-order valence-electron chi connectivity index (χ0n) is 18.6. The summed E-state index contributed by atoms with van der Waals surface area (Å²) in [4.78, 5) is 37.7. The number of carbonyl (C=O) groups excluding carboxylic acids is 2. The van der Waals surface area contributed by atoms with Crippen LogP contribution in [0.2, 0.25) is 5.02 Å². The molecule has 8 nitrogen and oxygen atoms in total. The van der Waals surface area contributed by atoms with Gasteiger partial charge in [-0.3, -0.25) is 19.7 Å². The van der Waals surface area contributed by atoms with Crippen LogP contribution in [0.25, 0.3) is 0 Å². The quantitative estimate of drug-likeness (QED) is 0.454. The summed E-state index contributed by atoms with van der Waals surface area (Å²) < 4.78 is 32.5. The highest BCUT2D eigenvalue weighted by Gasteiger charge is 2.32. The Labute approximate surface area is 200 Å². The second-order valence-corrected chi connectivity index (χ2v) is 8.74. The van der Waals surface area contributed by atoms with E-state index in [-0.39, 0.29) is 40.0 Å². The Bertz CT molecular complexity index is 1090. The highest BCUT2D eigenvalue weighted by molar-refractivity contribution is 6.34. The molecule has 34 heavy (non-hydrogen) atoms. The Hall–Kier alpha value is -3.27. The van der Waals surface area contributed by atoms with E-state index in [0.29, 0.717) is 25.9 Å². The van der Waals surface area contributed by atoms with E-state index in [0.717, 1.165) is 18.2 Å². The zero-order chi connectivity index (χ0) is 25.0. The van der Waals surface area contributed by atoms with Gasteiger partial charge in [-0.2, -0.15) is 0 Å². The fourth-order valence-electron chi connectivity index (χ4n) is 3.68. The van der Waals surface area contributed by atoms with Gasteiger partial charge in [0.1, 0.15) is 18.0 Å². The van der Waals surface area contributed by atoms with Crippen molar-refractivity contribution in [3.8, 4) is 5.75 Å². The first-order valence-electron chi connectivity index (χ1n) is 10.7. The van der Waals surface area contributed by atoms with Crippen molar-refractivity contribution in [3.05, 3.63) is 68.7 Å². The second kappa shape index (κ2) is 10.8. The summed E-state index contributed by atoms with van der Waals surface area (Å²) in [6.07, 6.45) is 0.542. The molecule has 0 bridgehead atoms. The zero-order valence-corrected chi connectivity index (χ0v) is 19.4. The molecule has 1 atom stereocenters. The maximum absolute atomic E-state index is 13.8. The average Bonchev–Trinajstić information content (AvgIpc) is 2.79. The molecule has 1 aliphatic rings. The van der Waals surface area contributed by atoms with E-state index in [1.54, 1.807) is 18.7 Å². The van der Waals surface area contributed by atoms with Crippen molar-refractivity contribution < 1.29 is 28.0 Å². The minimum atomic E-state index is -0.842. The van der Waals surface area contributed by atoms with E-state index in [4.69, 9.17) is 16.3 Å². The first-order chi connectivity index (χ1) is 16.1. The van der Waals surface area contributed by atoms with E-state index < -0.39 is 28.5 Å². The summed E-state index contributed by atoms with van der Waals surface area (Å²) in [7, 11) is 0. The number of ether oxygens (including phenoxy) is 1. The normalized spacial score (nSPS) is 15.2. The van der Waals surface area contributed by atoms with Crippen LogP contribution in [0.3, 0.4) is 0 Å². The number of nitro benzene ring substituents is 1. The van der Waals surface area contributed by atoms with Crippen LogP contribution >= 0.6 is 11.6 Å². The highest BCUT2D eigenvalue weighted by Crippen LogP contribution is 2.25. The first kappa shape index (κ1) is 25.4. The predicted molar refractivity (Wildman–Crippen MR) is 121 cm³/mol. The average molecular weight is 496 g/mol. The van der Waals surface area contributed by atoms with Gasteiger partial charge in [-0.25, -0.2) is 8.78 Å². The molecule has 1 fully saturated rings. The van der Waals surface area contributed by atoms with Crippen LogP contribution in [0, 0.1) is 27.7 Å². The third kappa shape index (κ3) is 5.99. The molecule has 1 heterocycles. The first-order valence-corrected chi connectivity index (χ1v) is 11.1. The van der Waals surface area contributed by atoms with Gasteiger partial charge in [0.2, 0.25) is 5.91 Å². The van der Waals surface area contributed by atoms with E-state index in [2.05, 4.69) is 5.32 Å². The standard InChI is InChI=1S/C23H24ClF2N3O5/c1-13(2)21(27-22(30)17-5-4-15(29(32)33)12-18(17)24)23(31)28-9-7-16(8-10-28)34-20-6-3-14(25)11-19(20)26/h3-6,11-13,16,21H,7-10H2,1-2H3,(H,27,30). The van der Waals surface area contributed by atoms with Crippen LogP contribution < -0.4 is 10.1 Å². The minimum absolute atomic E-state index is 0.0270. The Morgan fingerprint density at radius 3 is 2.41 bits per heavy atom. The number of piperidine rings is 1. The van der Waals surface area contributed by atoms with Crippen LogP contribution in [0.15, 0.2) is 36.4 Å². The van der Waals surface area contributed by atoms with Gasteiger partial charge in [0.15, 0.2) is 11.6 Å². The summed E-state index contributed by atoms with van der Waals surface area (Å²) in [5.41, 5.74) is -0.220. The lowest BCUT2D eigenvalue weighted by Gasteiger charge is -2.35. The van der Waals surface area contributed by atoms with Gasteiger partial charge >= 0.3 is 0 Å². The molecule has 2 aromatic rings. The lowest BCUT2D eigenvalue weighted by Crippen LogP contribution is -2.53. The maximum Gasteiger partial charge on any atom is 0.270 e. The molecule has 0 aliphatic carbocycles. The van der Waals surface area contributed by atoms with Gasteiger partial charge in [-0.1, -0.05) is 25.4 Å². The lowest BCUT2D eigenvalue weighted by atomic mass is 9.99. The SMILES string of the molecule is CC(C)C(NC(=O)c1ccc([N+](=O)[O-])cc1Cl)C(=O)N1CCC(Oc2ccc(F)cc2F)CC1. The van der Waals surface area contributed by atoms with E-state index >= 15 is 0 Å². The molecule has 1 N–H and O–H groups in total. The highest BCUT2D eigenvalue weighted by atomic mass is 35.5. The Kier molecular flexibility index (Phi) is 8.03. The van der Waals surface area contributed by atoms with Crippen molar-refractivity contribution in [2.75, 3.05) is 13.1 Å². The number of halogens is 3. The van der Waals surface area contributed by atoms with Crippen molar-refractivity contribution in [3.63, 3.8) is 0 Å². The molecule has 0 aromatic heterocycles. The third-order valence-corrected chi connectivity index (χ3v) is 5.88. The van der Waals surface area contributed by atoms with Crippen LogP contribution in [-0.4, -0.2) is 46.9 Å². The number of hydrogen-bond acceptors (Lipinski definition) is 5. The predicted octanol–water partition coefficient (Wildman–Crippen LogP) is 4.35. The van der Waals surface area contributed by atoms with Crippen molar-refractivity contribution >= 4 is 29.1 Å². The Balaban J connectivity index is 1.62. The molecule has 0 saturated carbocycles. The smallest absolute Gasteiger partial charge is 0.270 e. The number of nitrogens with zero attached hydrogens (tertiary/aromatic N) is 2. The van der Waals surface area contributed by atoms with Gasteiger partial charge in [-0.15, -0.1) is 0 Å². The van der Waals surface area contributed by atoms with Gasteiger partial charge in [-0.05, 0) is 24.1 Å². The van der Waals surface area contributed by atoms with Gasteiger partial charge in [0.25, 0.3) is 11.6 Å². The van der Waals surface area contributed by atoms with Gasteiger partial charge in [0, 0.05) is 44.1 Å². The van der Waals surface area contributed by atoms with Crippen molar-refractivity contribution in [2.45, 2.75) is 38.8 Å². The monoisotopic (exact) mass is 495 g/mol. The minimum Gasteiger partial charge on any atom is -0.487 e. The Morgan fingerprint density at radius 2 is 1.85 bits per heavy atom. The molecule has 182 valence electrons. The summed E-state index contributed by atoms with van der Waals surface area (Å²) >= 11 is 6.04. The summed E-state index contributed by atoms with van der Waals surface area (Å²) in [6.45, 7) is 4.24. The van der Waals surface area contributed by atoms with Crippen LogP contribution in [0.4, 0.5) is 14.5 Å². The van der Waals surface area contributed by atoms with Crippen molar-refractivity contribution in [2.24, 2.45) is 5.92 Å². The van der Waals surface area contributed by atoms with E-state index in [1.165, 1.54) is 18.2 Å². The van der Waals surface area contributed by atoms with Gasteiger partial charge in [0.05, 0.1) is 15.5 Å². The van der Waals surface area contributed by atoms with Crippen molar-refractivity contribution in [1.29, 1.82) is 0 Å². The van der Waals surface area contributed by atoms with Crippen LogP contribution in [0.5, 0.6) is 5.75 Å². The molecule has 11 heteroatoms. The molecule has 3 rings (SSSR count). The fraction of sp³-hybridized carbons (Fsp3) is 0.391. The molecule has 0 radical (unpaired) electrons. The number of likely N-dealkylation sites (tertiary alicyclic amines) is 1. The molecule has 1 aliphatic heterocycles. The van der Waals surface area contributed by atoms with Crippen molar-refractivity contribution in [1.82, 2.24) is 10.2 Å². The number of carbonyl (C=O) groups is 2. The topological polar surface area (TPSA) is 102 Å². The maximum atomic E-state index is 13.8. The molecular formula is C23H24ClF2N3O5. The third-order valence-electron chi connectivity index (χ3n) is 5.57. The van der Waals surface area contributed by atoms with E-state index in [9.17, 15) is 28.5 Å². The summed E-state index contributed by atoms with van der Waals surface area (Å²) in [5.74, 6) is -2.66. The van der Waals surface area contributed by atoms with Gasteiger partial charge < -0.3 is 15.0 Å². The summed E-state index contributed by atoms with van der Waals surface area (Å²) in [5, 5.41) is 13.5. The molecular weight excluding hydrogens is 472 g/mol. The molecule has 0 spiro atoms. The number of nitrogens with one attached hydrogen (secondary N) is 1. The number of benzene rings is 2. The number of amides is 2. The molecule has 1 saturated heterocycles. The van der Waals surface area contributed by atoms with E-state index in [1.807, 2.05) is 0 Å².